The van der Waals surface area contributed by atoms with E-state index in [0.29, 0.717) is 18.3 Å². The van der Waals surface area contributed by atoms with E-state index in [2.05, 4.69) is 10.2 Å². The molecule has 74 valence electrons. The molecule has 5 nitrogen and oxygen atoms in total. The van der Waals surface area contributed by atoms with Gasteiger partial charge in [0.2, 0.25) is 11.8 Å². The second-order valence-corrected chi connectivity index (χ2v) is 2.88. The quantitative estimate of drug-likeness (QED) is 0.722. The Bertz CT molecular complexity index is 249. The van der Waals surface area contributed by atoms with Crippen molar-refractivity contribution >= 4 is 0 Å². The standard InChI is InChI=1S/C8H15N3O2/c1-6(12-2)3-4-7-10-11-8(5-9)13-7/h6H,3-5,9H2,1-2H3. The van der Waals surface area contributed by atoms with Crippen LogP contribution in [0.25, 0.3) is 0 Å². The molecule has 1 aromatic rings. The van der Waals surface area contributed by atoms with E-state index in [9.17, 15) is 0 Å². The molecule has 13 heavy (non-hydrogen) atoms. The van der Waals surface area contributed by atoms with Gasteiger partial charge in [0, 0.05) is 13.5 Å². The second kappa shape index (κ2) is 4.94. The van der Waals surface area contributed by atoms with E-state index in [0.717, 1.165) is 12.8 Å². The zero-order valence-electron chi connectivity index (χ0n) is 7.99. The summed E-state index contributed by atoms with van der Waals surface area (Å²) in [6, 6.07) is 0. The van der Waals surface area contributed by atoms with Crippen LogP contribution in [0, 0.1) is 0 Å². The van der Waals surface area contributed by atoms with Crippen molar-refractivity contribution in [3.63, 3.8) is 0 Å². The fourth-order valence-electron chi connectivity index (χ4n) is 0.916. The zero-order chi connectivity index (χ0) is 9.68. The maximum absolute atomic E-state index is 5.32. The van der Waals surface area contributed by atoms with Crippen LogP contribution in [-0.2, 0) is 17.7 Å². The minimum absolute atomic E-state index is 0.216. The highest BCUT2D eigenvalue weighted by molar-refractivity contribution is 4.81. The van der Waals surface area contributed by atoms with E-state index >= 15 is 0 Å². The first-order valence-electron chi connectivity index (χ1n) is 4.30. The maximum atomic E-state index is 5.32. The van der Waals surface area contributed by atoms with Crippen LogP contribution in [0.5, 0.6) is 0 Å². The summed E-state index contributed by atoms with van der Waals surface area (Å²) in [4.78, 5) is 0. The van der Waals surface area contributed by atoms with Gasteiger partial charge in [-0.1, -0.05) is 0 Å². The summed E-state index contributed by atoms with van der Waals surface area (Å²) in [6.07, 6.45) is 1.83. The lowest BCUT2D eigenvalue weighted by atomic mass is 10.2. The number of ether oxygens (including phenoxy) is 1. The van der Waals surface area contributed by atoms with Crippen LogP contribution in [0.2, 0.25) is 0 Å². The predicted octanol–water partition coefficient (Wildman–Crippen LogP) is 0.496. The molecule has 0 amide bonds. The molecule has 0 radical (unpaired) electrons. The van der Waals surface area contributed by atoms with Gasteiger partial charge in [-0.3, -0.25) is 0 Å². The van der Waals surface area contributed by atoms with Gasteiger partial charge in [0.25, 0.3) is 0 Å². The number of nitrogens with two attached hydrogens (primary N) is 1. The zero-order valence-corrected chi connectivity index (χ0v) is 7.99. The maximum Gasteiger partial charge on any atom is 0.230 e. The van der Waals surface area contributed by atoms with Crippen molar-refractivity contribution in [3.8, 4) is 0 Å². The smallest absolute Gasteiger partial charge is 0.230 e. The molecule has 1 unspecified atom stereocenters. The Hall–Kier alpha value is -0.940. The van der Waals surface area contributed by atoms with E-state index in [-0.39, 0.29) is 6.10 Å². The third kappa shape index (κ3) is 3.12. The lowest BCUT2D eigenvalue weighted by molar-refractivity contribution is 0.109. The largest absolute Gasteiger partial charge is 0.424 e. The molecule has 1 atom stereocenters. The number of aryl methyl sites for hydroxylation is 1. The number of nitrogens with zero attached hydrogens (tertiary/aromatic N) is 2. The van der Waals surface area contributed by atoms with Gasteiger partial charge in [0.1, 0.15) is 0 Å². The van der Waals surface area contributed by atoms with Gasteiger partial charge in [-0.05, 0) is 13.3 Å². The van der Waals surface area contributed by atoms with Crippen LogP contribution < -0.4 is 5.73 Å². The van der Waals surface area contributed by atoms with Crippen molar-refractivity contribution in [2.45, 2.75) is 32.4 Å². The van der Waals surface area contributed by atoms with Crippen LogP contribution in [0.4, 0.5) is 0 Å². The molecule has 1 aromatic heterocycles. The summed E-state index contributed by atoms with van der Waals surface area (Å²) in [7, 11) is 1.68. The third-order valence-electron chi connectivity index (χ3n) is 1.85. The Morgan fingerprint density at radius 2 is 2.15 bits per heavy atom. The van der Waals surface area contributed by atoms with Crippen molar-refractivity contribution in [2.75, 3.05) is 7.11 Å². The van der Waals surface area contributed by atoms with Gasteiger partial charge < -0.3 is 14.9 Å². The SMILES string of the molecule is COC(C)CCc1nnc(CN)o1. The van der Waals surface area contributed by atoms with Gasteiger partial charge >= 0.3 is 0 Å². The molecule has 0 fully saturated rings. The number of aromatic nitrogens is 2. The molecule has 0 aliphatic carbocycles. The first kappa shape index (κ1) is 10.1. The minimum Gasteiger partial charge on any atom is -0.424 e. The van der Waals surface area contributed by atoms with E-state index in [1.807, 2.05) is 6.92 Å². The molecule has 0 bridgehead atoms. The molecule has 0 aliphatic heterocycles. The summed E-state index contributed by atoms with van der Waals surface area (Å²) in [5, 5.41) is 7.60. The molecule has 1 rings (SSSR count). The van der Waals surface area contributed by atoms with Gasteiger partial charge in [0.15, 0.2) is 0 Å². The Morgan fingerprint density at radius 1 is 1.46 bits per heavy atom. The molecule has 0 aromatic carbocycles. The van der Waals surface area contributed by atoms with Crippen molar-refractivity contribution < 1.29 is 9.15 Å². The fraction of sp³-hybridized carbons (Fsp3) is 0.750. The molecular formula is C8H15N3O2. The van der Waals surface area contributed by atoms with Gasteiger partial charge in [-0.15, -0.1) is 10.2 Å². The second-order valence-electron chi connectivity index (χ2n) is 2.88. The summed E-state index contributed by atoms with van der Waals surface area (Å²) in [5.74, 6) is 1.12. The average Bonchev–Trinajstić information content (AvgIpc) is 2.61. The molecular weight excluding hydrogens is 170 g/mol. The monoisotopic (exact) mass is 185 g/mol. The van der Waals surface area contributed by atoms with Gasteiger partial charge in [-0.25, -0.2) is 0 Å². The number of hydrogen-bond donors (Lipinski definition) is 1. The Balaban J connectivity index is 2.36. The normalized spacial score (nSPS) is 13.2. The third-order valence-corrected chi connectivity index (χ3v) is 1.85. The van der Waals surface area contributed by atoms with Crippen LogP contribution >= 0.6 is 0 Å². The molecule has 0 aliphatic rings. The Kier molecular flexibility index (Phi) is 3.85. The Morgan fingerprint density at radius 3 is 2.69 bits per heavy atom. The molecule has 5 heteroatoms. The van der Waals surface area contributed by atoms with Crippen LogP contribution in [-0.4, -0.2) is 23.4 Å². The van der Waals surface area contributed by atoms with Gasteiger partial charge in [0.05, 0.1) is 12.6 Å². The fourth-order valence-corrected chi connectivity index (χ4v) is 0.916. The lowest BCUT2D eigenvalue weighted by Gasteiger charge is -2.05. The van der Waals surface area contributed by atoms with E-state index in [4.69, 9.17) is 14.9 Å². The first-order chi connectivity index (χ1) is 6.26. The molecule has 0 saturated carbocycles. The minimum atomic E-state index is 0.216. The van der Waals surface area contributed by atoms with Crippen LogP contribution in [0.3, 0.4) is 0 Å². The molecule has 0 saturated heterocycles. The van der Waals surface area contributed by atoms with E-state index < -0.39 is 0 Å². The van der Waals surface area contributed by atoms with Crippen molar-refractivity contribution in [3.05, 3.63) is 11.8 Å². The van der Waals surface area contributed by atoms with Crippen molar-refractivity contribution in [1.82, 2.24) is 10.2 Å². The molecule has 0 spiro atoms. The average molecular weight is 185 g/mol. The summed E-state index contributed by atoms with van der Waals surface area (Å²) < 4.78 is 10.3. The predicted molar refractivity (Wildman–Crippen MR) is 47.0 cm³/mol. The number of methoxy groups -OCH3 is 1. The van der Waals surface area contributed by atoms with Gasteiger partial charge in [-0.2, -0.15) is 0 Å². The summed E-state index contributed by atoms with van der Waals surface area (Å²) in [5.41, 5.74) is 5.32. The molecule has 1 heterocycles. The first-order valence-corrected chi connectivity index (χ1v) is 4.30. The lowest BCUT2D eigenvalue weighted by Crippen LogP contribution is -2.05. The summed E-state index contributed by atoms with van der Waals surface area (Å²) in [6.45, 7) is 2.30. The number of hydrogen-bond acceptors (Lipinski definition) is 5. The number of rotatable bonds is 5. The topological polar surface area (TPSA) is 74.2 Å². The Labute approximate surface area is 77.3 Å². The van der Waals surface area contributed by atoms with E-state index in [1.165, 1.54) is 0 Å². The van der Waals surface area contributed by atoms with Crippen LogP contribution in [0.1, 0.15) is 25.1 Å². The highest BCUT2D eigenvalue weighted by Crippen LogP contribution is 2.05. The van der Waals surface area contributed by atoms with Crippen molar-refractivity contribution in [1.29, 1.82) is 0 Å². The highest BCUT2D eigenvalue weighted by Gasteiger charge is 2.06. The highest BCUT2D eigenvalue weighted by atomic mass is 16.5. The van der Waals surface area contributed by atoms with E-state index in [1.54, 1.807) is 7.11 Å². The summed E-state index contributed by atoms with van der Waals surface area (Å²) >= 11 is 0. The van der Waals surface area contributed by atoms with Crippen LogP contribution in [0.15, 0.2) is 4.42 Å². The van der Waals surface area contributed by atoms with Crippen molar-refractivity contribution in [2.24, 2.45) is 5.73 Å². The molecule has 2 N–H and O–H groups in total.